The smallest absolute Gasteiger partial charge is 0.394 e. The molecule has 74 heavy (non-hydrogen) atoms. The number of hydrogen-bond donors (Lipinski definition) is 0. The minimum Gasteiger partial charge on any atom is -0.394 e. The van der Waals surface area contributed by atoms with Crippen LogP contribution in [-0.4, -0.2) is 50.6 Å². The molecular formula is C55H70N4O15. The molecule has 6 rings (SSSR count). The molecule has 4 unspecified atom stereocenters. The number of non-ortho nitro benzene ring substituents is 4. The number of hydrogen-bond acceptors (Lipinski definition) is 15. The van der Waals surface area contributed by atoms with Crippen molar-refractivity contribution in [1.29, 1.82) is 0 Å². The second-order valence-electron chi connectivity index (χ2n) is 20.0. The number of ether oxygens (including phenoxy) is 6. The Morgan fingerprint density at radius 1 is 0.473 bits per heavy atom. The second-order valence-corrected chi connectivity index (χ2v) is 20.0. The summed E-state index contributed by atoms with van der Waals surface area (Å²) in [7, 11) is 0. The summed E-state index contributed by atoms with van der Waals surface area (Å²) in [6.07, 6.45) is 16.9. The number of nitro benzene ring substituents is 4. The lowest BCUT2D eigenvalue weighted by molar-refractivity contribution is -0.385. The van der Waals surface area contributed by atoms with E-state index in [1.807, 2.05) is 13.8 Å². The van der Waals surface area contributed by atoms with E-state index in [4.69, 9.17) is 28.4 Å². The van der Waals surface area contributed by atoms with Crippen LogP contribution in [0.25, 0.3) is 0 Å². The molecular weight excluding hydrogens is 957 g/mol. The van der Waals surface area contributed by atoms with E-state index in [-0.39, 0.29) is 71.4 Å². The van der Waals surface area contributed by atoms with Gasteiger partial charge in [0.15, 0.2) is 11.6 Å². The molecule has 0 spiro atoms. The highest BCUT2D eigenvalue weighted by Gasteiger charge is 2.51. The summed E-state index contributed by atoms with van der Waals surface area (Å²) in [5.74, 6) is -2.45. The maximum Gasteiger partial charge on any atom is 0.519 e. The van der Waals surface area contributed by atoms with E-state index in [1.54, 1.807) is 24.3 Å². The van der Waals surface area contributed by atoms with Crippen molar-refractivity contribution in [1.82, 2.24) is 0 Å². The lowest BCUT2D eigenvalue weighted by Crippen LogP contribution is -2.35. The summed E-state index contributed by atoms with van der Waals surface area (Å²) in [6.45, 7) is 7.90. The molecule has 2 aliphatic heterocycles. The minimum absolute atomic E-state index is 0.0441. The van der Waals surface area contributed by atoms with Gasteiger partial charge in [-0.3, -0.25) is 40.5 Å². The SMILES string of the molecule is CCCCCCCCCCC1(C)OCC(Cc2cc([N+](=O)[O-])ccc2OC(=O)Oc2ccc([N+](=O)[O-])cc2CC2(c3ccc([N+](=O)[O-])cc3)COC(C)(CCCCCCCCCC)O2)(c2ccc([N+](=O)[O-])cc2)O1. The fraction of sp³-hybridized carbons (Fsp3) is 0.545. The molecule has 0 saturated carbocycles. The minimum atomic E-state index is -1.36. The first-order chi connectivity index (χ1) is 35.4. The van der Waals surface area contributed by atoms with Gasteiger partial charge in [0, 0.05) is 85.3 Å². The average molecular weight is 1030 g/mol. The van der Waals surface area contributed by atoms with Gasteiger partial charge in [0.2, 0.25) is 0 Å². The van der Waals surface area contributed by atoms with Crippen molar-refractivity contribution in [3.8, 4) is 11.5 Å². The quantitative estimate of drug-likeness (QED) is 0.0155. The van der Waals surface area contributed by atoms with Gasteiger partial charge in [-0.25, -0.2) is 4.79 Å². The third-order valence-corrected chi connectivity index (χ3v) is 14.1. The first-order valence-corrected chi connectivity index (χ1v) is 26.0. The van der Waals surface area contributed by atoms with Gasteiger partial charge in [-0.1, -0.05) is 104 Å². The normalized spacial score (nSPS) is 21.4. The van der Waals surface area contributed by atoms with Crippen molar-refractivity contribution in [2.24, 2.45) is 0 Å². The predicted molar refractivity (Wildman–Crippen MR) is 275 cm³/mol. The van der Waals surface area contributed by atoms with Crippen LogP contribution in [0, 0.1) is 40.5 Å². The lowest BCUT2D eigenvalue weighted by Gasteiger charge is -2.32. The molecule has 2 aliphatic rings. The summed E-state index contributed by atoms with van der Waals surface area (Å²) in [5.41, 5.74) is -2.36. The predicted octanol–water partition coefficient (Wildman–Crippen LogP) is 14.4. The Morgan fingerprint density at radius 2 is 0.784 bits per heavy atom. The molecule has 0 amide bonds. The van der Waals surface area contributed by atoms with E-state index >= 15 is 0 Å². The van der Waals surface area contributed by atoms with Gasteiger partial charge in [-0.15, -0.1) is 0 Å². The van der Waals surface area contributed by atoms with Crippen molar-refractivity contribution in [2.75, 3.05) is 13.2 Å². The second kappa shape index (κ2) is 26.2. The molecule has 2 fully saturated rings. The highest BCUT2D eigenvalue weighted by Crippen LogP contribution is 2.47. The number of unbranched alkanes of at least 4 members (excludes halogenated alkanes) is 14. The van der Waals surface area contributed by atoms with E-state index in [2.05, 4.69) is 13.8 Å². The Kier molecular flexibility index (Phi) is 20.1. The average Bonchev–Trinajstić information content (AvgIpc) is 3.90. The van der Waals surface area contributed by atoms with Gasteiger partial charge in [-0.2, -0.15) is 0 Å². The van der Waals surface area contributed by atoms with Gasteiger partial charge < -0.3 is 28.4 Å². The Balaban J connectivity index is 1.27. The van der Waals surface area contributed by atoms with Crippen molar-refractivity contribution < 1.29 is 52.9 Å². The molecule has 0 radical (unpaired) electrons. The molecule has 4 aromatic carbocycles. The number of carbonyl (C=O) groups excluding carboxylic acids is 1. The zero-order chi connectivity index (χ0) is 53.4. The molecule has 4 atom stereocenters. The van der Waals surface area contributed by atoms with Crippen LogP contribution in [0.15, 0.2) is 84.9 Å². The van der Waals surface area contributed by atoms with Crippen molar-refractivity contribution in [2.45, 2.75) is 179 Å². The zero-order valence-corrected chi connectivity index (χ0v) is 43.1. The van der Waals surface area contributed by atoms with Gasteiger partial charge in [0.1, 0.15) is 22.7 Å². The van der Waals surface area contributed by atoms with Crippen LogP contribution in [0.3, 0.4) is 0 Å². The Morgan fingerprint density at radius 3 is 1.11 bits per heavy atom. The maximum absolute atomic E-state index is 14.0. The third-order valence-electron chi connectivity index (χ3n) is 14.1. The fourth-order valence-electron chi connectivity index (χ4n) is 9.98. The van der Waals surface area contributed by atoms with Crippen LogP contribution in [0.1, 0.15) is 166 Å². The standard InChI is InChI=1S/C55H70N4O15/c1-5-7-9-11-13-15-17-19-33-52(3)69-39-54(73-52,43-21-25-45(26-22-43)56(61)62)37-41-35-47(58(65)66)29-31-49(41)71-51(60)72-50-32-30-48(59(67)68)36-42(50)38-55(44-23-27-46(28-24-44)57(63)64)40-70-53(4,74-55)34-20-18-16-14-12-10-8-6-2/h21-32,35-36H,5-20,33-34,37-40H2,1-4H3. The van der Waals surface area contributed by atoms with Gasteiger partial charge >= 0.3 is 6.16 Å². The van der Waals surface area contributed by atoms with Crippen LogP contribution < -0.4 is 9.47 Å². The monoisotopic (exact) mass is 1030 g/mol. The van der Waals surface area contributed by atoms with Crippen molar-refractivity contribution in [3.05, 3.63) is 148 Å². The lowest BCUT2D eigenvalue weighted by atomic mass is 9.87. The van der Waals surface area contributed by atoms with E-state index in [0.29, 0.717) is 24.0 Å². The Hall–Kier alpha value is -6.41. The molecule has 0 aliphatic carbocycles. The van der Waals surface area contributed by atoms with Crippen LogP contribution in [0.2, 0.25) is 0 Å². The Labute approximate surface area is 431 Å². The van der Waals surface area contributed by atoms with Crippen LogP contribution in [0.4, 0.5) is 27.5 Å². The molecule has 19 nitrogen and oxygen atoms in total. The molecule has 0 aromatic heterocycles. The molecule has 2 heterocycles. The molecule has 19 heteroatoms. The molecule has 0 N–H and O–H groups in total. The first-order valence-electron chi connectivity index (χ1n) is 26.0. The highest BCUT2D eigenvalue weighted by atomic mass is 16.8. The molecule has 4 aromatic rings. The summed E-state index contributed by atoms with van der Waals surface area (Å²) in [5, 5.41) is 47.8. The molecule has 2 saturated heterocycles. The number of carbonyl (C=O) groups is 1. The zero-order valence-electron chi connectivity index (χ0n) is 43.1. The fourth-order valence-corrected chi connectivity index (χ4v) is 9.98. The third kappa shape index (κ3) is 15.3. The molecule has 0 bridgehead atoms. The summed E-state index contributed by atoms with van der Waals surface area (Å²) < 4.78 is 38.2. The van der Waals surface area contributed by atoms with Crippen LogP contribution in [-0.2, 0) is 43.0 Å². The van der Waals surface area contributed by atoms with E-state index in [1.165, 1.54) is 99.9 Å². The topological polar surface area (TPSA) is 245 Å². The largest absolute Gasteiger partial charge is 0.519 e. The molecule has 400 valence electrons. The Bertz CT molecular complexity index is 2390. The first kappa shape index (κ1) is 56.9. The van der Waals surface area contributed by atoms with Crippen molar-refractivity contribution >= 4 is 28.9 Å². The summed E-state index contributed by atoms with van der Waals surface area (Å²) in [6, 6.07) is 18.9. The van der Waals surface area contributed by atoms with Crippen molar-refractivity contribution in [3.63, 3.8) is 0 Å². The van der Waals surface area contributed by atoms with E-state index in [9.17, 15) is 45.3 Å². The van der Waals surface area contributed by atoms with E-state index < -0.39 is 48.6 Å². The number of nitro groups is 4. The highest BCUT2D eigenvalue weighted by molar-refractivity contribution is 5.69. The van der Waals surface area contributed by atoms with Gasteiger partial charge in [0.05, 0.1) is 32.9 Å². The van der Waals surface area contributed by atoms with E-state index in [0.717, 1.165) is 63.5 Å². The number of rotatable bonds is 30. The van der Waals surface area contributed by atoms with Crippen LogP contribution >= 0.6 is 0 Å². The number of nitrogens with zero attached hydrogens (tertiary/aromatic N) is 4. The number of benzene rings is 4. The maximum atomic E-state index is 14.0. The summed E-state index contributed by atoms with van der Waals surface area (Å²) >= 11 is 0. The van der Waals surface area contributed by atoms with Gasteiger partial charge in [0.25, 0.3) is 22.7 Å². The van der Waals surface area contributed by atoms with Crippen LogP contribution in [0.5, 0.6) is 11.5 Å². The van der Waals surface area contributed by atoms with Gasteiger partial charge in [-0.05, 0) is 74.2 Å². The summed E-state index contributed by atoms with van der Waals surface area (Å²) in [4.78, 5) is 59.6.